The molecule has 3 aromatic heterocycles. The summed E-state index contributed by atoms with van der Waals surface area (Å²) < 4.78 is 1.83. The summed E-state index contributed by atoms with van der Waals surface area (Å²) in [5.41, 5.74) is 3.66. The van der Waals surface area contributed by atoms with Crippen molar-refractivity contribution >= 4 is 5.82 Å². The predicted molar refractivity (Wildman–Crippen MR) is 97.4 cm³/mol. The van der Waals surface area contributed by atoms with E-state index in [0.29, 0.717) is 12.4 Å². The second kappa shape index (κ2) is 7.29. The van der Waals surface area contributed by atoms with Gasteiger partial charge in [-0.15, -0.1) is 0 Å². The summed E-state index contributed by atoms with van der Waals surface area (Å²) in [5, 5.41) is 7.74. The standard InChI is InChI=1S/C18H22N6O/c1-4-14-8-17(25)22-18(21-14)12-6-7-16(19-9-12)20-10-13-11-24(3)23-15(13)5-2/h6-9,11H,4-5,10H2,1-3H3,(H,19,20)(H,21,22,25). The van der Waals surface area contributed by atoms with Crippen LogP contribution in [-0.4, -0.2) is 24.7 Å². The molecule has 0 aromatic carbocycles. The monoisotopic (exact) mass is 338 g/mol. The van der Waals surface area contributed by atoms with Gasteiger partial charge in [-0.2, -0.15) is 5.10 Å². The lowest BCUT2D eigenvalue weighted by Crippen LogP contribution is -2.10. The molecular weight excluding hydrogens is 316 g/mol. The number of rotatable bonds is 6. The third-order valence-corrected chi connectivity index (χ3v) is 3.98. The summed E-state index contributed by atoms with van der Waals surface area (Å²) in [6, 6.07) is 5.30. The first kappa shape index (κ1) is 16.9. The average molecular weight is 338 g/mol. The molecule has 3 rings (SSSR count). The van der Waals surface area contributed by atoms with Crippen LogP contribution in [0.4, 0.5) is 5.82 Å². The molecule has 0 amide bonds. The molecule has 3 heterocycles. The number of nitrogens with one attached hydrogen (secondary N) is 2. The van der Waals surface area contributed by atoms with E-state index >= 15 is 0 Å². The fraction of sp³-hybridized carbons (Fsp3) is 0.333. The second-order valence-corrected chi connectivity index (χ2v) is 5.85. The molecule has 130 valence electrons. The molecule has 7 heteroatoms. The van der Waals surface area contributed by atoms with E-state index in [1.807, 2.05) is 37.0 Å². The van der Waals surface area contributed by atoms with E-state index in [9.17, 15) is 4.79 Å². The minimum absolute atomic E-state index is 0.146. The Bertz CT molecular complexity index is 910. The molecule has 0 unspecified atom stereocenters. The molecule has 0 aliphatic rings. The van der Waals surface area contributed by atoms with E-state index in [2.05, 4.69) is 32.3 Å². The SMILES string of the molecule is CCc1cc(=O)[nH]c(-c2ccc(NCc3cn(C)nc3CC)nc2)n1. The van der Waals surface area contributed by atoms with Crippen molar-refractivity contribution in [1.29, 1.82) is 0 Å². The maximum Gasteiger partial charge on any atom is 0.251 e. The van der Waals surface area contributed by atoms with E-state index in [4.69, 9.17) is 0 Å². The normalized spacial score (nSPS) is 10.8. The van der Waals surface area contributed by atoms with Gasteiger partial charge in [0, 0.05) is 48.9 Å². The maximum atomic E-state index is 11.7. The average Bonchev–Trinajstić information content (AvgIpc) is 2.99. The first-order valence-corrected chi connectivity index (χ1v) is 8.41. The van der Waals surface area contributed by atoms with Crippen LogP contribution in [0.2, 0.25) is 0 Å². The van der Waals surface area contributed by atoms with Gasteiger partial charge in [0.2, 0.25) is 0 Å². The number of aromatic amines is 1. The van der Waals surface area contributed by atoms with Gasteiger partial charge in [-0.25, -0.2) is 9.97 Å². The van der Waals surface area contributed by atoms with Crippen molar-refractivity contribution in [2.45, 2.75) is 33.2 Å². The Balaban J connectivity index is 1.74. The largest absolute Gasteiger partial charge is 0.366 e. The quantitative estimate of drug-likeness (QED) is 0.720. The van der Waals surface area contributed by atoms with Crippen LogP contribution in [0.1, 0.15) is 30.8 Å². The number of aryl methyl sites for hydroxylation is 3. The summed E-state index contributed by atoms with van der Waals surface area (Å²) in [5.74, 6) is 1.31. The van der Waals surface area contributed by atoms with Crippen molar-refractivity contribution in [1.82, 2.24) is 24.7 Å². The number of hydrogen-bond acceptors (Lipinski definition) is 5. The second-order valence-electron chi connectivity index (χ2n) is 5.85. The molecule has 0 aliphatic heterocycles. The molecular formula is C18H22N6O. The number of aromatic nitrogens is 5. The Kier molecular flexibility index (Phi) is 4.92. The fourth-order valence-corrected chi connectivity index (χ4v) is 2.68. The lowest BCUT2D eigenvalue weighted by molar-refractivity contribution is 0.746. The molecule has 0 fully saturated rings. The lowest BCUT2D eigenvalue weighted by Gasteiger charge is -2.07. The van der Waals surface area contributed by atoms with Crippen LogP contribution in [0, 0.1) is 0 Å². The molecule has 0 saturated heterocycles. The van der Waals surface area contributed by atoms with Gasteiger partial charge in [-0.1, -0.05) is 13.8 Å². The van der Waals surface area contributed by atoms with E-state index in [-0.39, 0.29) is 5.56 Å². The zero-order chi connectivity index (χ0) is 17.8. The van der Waals surface area contributed by atoms with Crippen molar-refractivity contribution in [3.05, 3.63) is 57.9 Å². The third-order valence-electron chi connectivity index (χ3n) is 3.98. The minimum atomic E-state index is -0.146. The molecule has 25 heavy (non-hydrogen) atoms. The summed E-state index contributed by atoms with van der Waals surface area (Å²) in [6.07, 6.45) is 5.35. The molecule has 0 bridgehead atoms. The molecule has 0 aliphatic carbocycles. The fourth-order valence-electron chi connectivity index (χ4n) is 2.68. The van der Waals surface area contributed by atoms with Crippen LogP contribution in [0.25, 0.3) is 11.4 Å². The molecule has 7 nitrogen and oxygen atoms in total. The highest BCUT2D eigenvalue weighted by atomic mass is 16.1. The third kappa shape index (κ3) is 3.93. The van der Waals surface area contributed by atoms with Gasteiger partial charge < -0.3 is 10.3 Å². The van der Waals surface area contributed by atoms with Gasteiger partial charge >= 0.3 is 0 Å². The van der Waals surface area contributed by atoms with Crippen molar-refractivity contribution in [3.8, 4) is 11.4 Å². The first-order chi connectivity index (χ1) is 12.1. The van der Waals surface area contributed by atoms with Crippen LogP contribution in [0.5, 0.6) is 0 Å². The number of nitrogens with zero attached hydrogens (tertiary/aromatic N) is 4. The van der Waals surface area contributed by atoms with Crippen LogP contribution >= 0.6 is 0 Å². The van der Waals surface area contributed by atoms with Crippen molar-refractivity contribution < 1.29 is 0 Å². The Labute approximate surface area is 146 Å². The summed E-state index contributed by atoms with van der Waals surface area (Å²) in [6.45, 7) is 4.74. The number of pyridine rings is 1. The van der Waals surface area contributed by atoms with E-state index in [1.165, 1.54) is 6.07 Å². The van der Waals surface area contributed by atoms with Crippen molar-refractivity contribution in [2.24, 2.45) is 7.05 Å². The molecule has 3 aromatic rings. The minimum Gasteiger partial charge on any atom is -0.366 e. The Morgan fingerprint density at radius 2 is 2.08 bits per heavy atom. The Hall–Kier alpha value is -2.96. The topological polar surface area (TPSA) is 88.5 Å². The first-order valence-electron chi connectivity index (χ1n) is 8.41. The molecule has 2 N–H and O–H groups in total. The highest BCUT2D eigenvalue weighted by Gasteiger charge is 2.07. The molecule has 0 radical (unpaired) electrons. The number of anilines is 1. The summed E-state index contributed by atoms with van der Waals surface area (Å²) in [7, 11) is 1.92. The lowest BCUT2D eigenvalue weighted by atomic mass is 10.2. The number of hydrogen-bond donors (Lipinski definition) is 2. The number of H-pyrrole nitrogens is 1. The molecule has 0 spiro atoms. The zero-order valence-electron chi connectivity index (χ0n) is 14.7. The smallest absolute Gasteiger partial charge is 0.251 e. The zero-order valence-corrected chi connectivity index (χ0v) is 14.7. The van der Waals surface area contributed by atoms with Crippen LogP contribution < -0.4 is 10.9 Å². The van der Waals surface area contributed by atoms with Crippen molar-refractivity contribution in [3.63, 3.8) is 0 Å². The van der Waals surface area contributed by atoms with Crippen LogP contribution in [0.15, 0.2) is 35.4 Å². The van der Waals surface area contributed by atoms with Gasteiger partial charge in [0.05, 0.1) is 5.69 Å². The van der Waals surface area contributed by atoms with Crippen LogP contribution in [-0.2, 0) is 26.4 Å². The Morgan fingerprint density at radius 3 is 2.76 bits per heavy atom. The Morgan fingerprint density at radius 1 is 1.24 bits per heavy atom. The van der Waals surface area contributed by atoms with Gasteiger partial charge in [-0.05, 0) is 25.0 Å². The van der Waals surface area contributed by atoms with Gasteiger partial charge in [0.25, 0.3) is 5.56 Å². The van der Waals surface area contributed by atoms with Gasteiger partial charge in [0.15, 0.2) is 0 Å². The maximum absolute atomic E-state index is 11.7. The van der Waals surface area contributed by atoms with Crippen molar-refractivity contribution in [2.75, 3.05) is 5.32 Å². The van der Waals surface area contributed by atoms with E-state index in [1.54, 1.807) is 6.20 Å². The molecule has 0 atom stereocenters. The van der Waals surface area contributed by atoms with Gasteiger partial charge in [-0.3, -0.25) is 9.48 Å². The highest BCUT2D eigenvalue weighted by molar-refractivity contribution is 5.55. The van der Waals surface area contributed by atoms with Gasteiger partial charge in [0.1, 0.15) is 11.6 Å². The highest BCUT2D eigenvalue weighted by Crippen LogP contribution is 2.16. The summed E-state index contributed by atoms with van der Waals surface area (Å²) >= 11 is 0. The van der Waals surface area contributed by atoms with E-state index in [0.717, 1.165) is 41.2 Å². The van der Waals surface area contributed by atoms with Crippen LogP contribution in [0.3, 0.4) is 0 Å². The van der Waals surface area contributed by atoms with E-state index < -0.39 is 0 Å². The summed E-state index contributed by atoms with van der Waals surface area (Å²) in [4.78, 5) is 23.3. The predicted octanol–water partition coefficient (Wildman–Crippen LogP) is 2.30. The molecule has 0 saturated carbocycles.